The molecule has 0 aromatic heterocycles. The van der Waals surface area contributed by atoms with E-state index in [1.165, 1.54) is 31.5 Å². The molecule has 0 fully saturated rings. The van der Waals surface area contributed by atoms with E-state index in [2.05, 4.69) is 10.4 Å². The molecular weight excluding hydrogens is 328 g/mol. The lowest BCUT2D eigenvalue weighted by Gasteiger charge is -2.03. The molecule has 9 heteroatoms. The number of nitro groups is 1. The minimum Gasteiger partial charge on any atom is -0.490 e. The van der Waals surface area contributed by atoms with Crippen LogP contribution in [0.2, 0.25) is 0 Å². The fraction of sp³-hybridized carbons (Fsp3) is 0.0625. The minimum atomic E-state index is -0.969. The van der Waals surface area contributed by atoms with Crippen LogP contribution in [0, 0.1) is 10.1 Å². The molecule has 0 aliphatic rings. The van der Waals surface area contributed by atoms with E-state index in [1.54, 1.807) is 30.3 Å². The highest BCUT2D eigenvalue weighted by atomic mass is 16.6. The minimum absolute atomic E-state index is 0.105. The van der Waals surface area contributed by atoms with Gasteiger partial charge in [0.05, 0.1) is 18.2 Å². The highest BCUT2D eigenvalue weighted by Crippen LogP contribution is 2.26. The summed E-state index contributed by atoms with van der Waals surface area (Å²) in [6.07, 6.45) is 1.18. The maximum atomic E-state index is 11.7. The number of carbonyl (C=O) groups is 2. The molecule has 0 unspecified atom stereocenters. The van der Waals surface area contributed by atoms with Crippen molar-refractivity contribution in [3.8, 4) is 5.75 Å². The SMILES string of the molecule is COc1ccc(/C=N/NC(=O)C(=O)Nc2ccccc2)cc1[N+](=O)[O-]. The van der Waals surface area contributed by atoms with Crippen molar-refractivity contribution in [1.82, 2.24) is 5.43 Å². The first kappa shape index (κ1) is 17.6. The fourth-order valence-corrected chi connectivity index (χ4v) is 1.86. The van der Waals surface area contributed by atoms with E-state index >= 15 is 0 Å². The molecule has 2 aromatic carbocycles. The van der Waals surface area contributed by atoms with Crippen molar-refractivity contribution in [2.45, 2.75) is 0 Å². The Morgan fingerprint density at radius 2 is 1.88 bits per heavy atom. The Kier molecular flexibility index (Phi) is 5.77. The number of nitrogens with one attached hydrogen (secondary N) is 2. The van der Waals surface area contributed by atoms with Gasteiger partial charge in [0.15, 0.2) is 5.75 Å². The van der Waals surface area contributed by atoms with Gasteiger partial charge in [-0.3, -0.25) is 19.7 Å². The largest absolute Gasteiger partial charge is 0.490 e. The van der Waals surface area contributed by atoms with E-state index in [9.17, 15) is 19.7 Å². The first-order valence-corrected chi connectivity index (χ1v) is 7.03. The molecule has 0 bridgehead atoms. The monoisotopic (exact) mass is 342 g/mol. The number of nitro benzene ring substituents is 1. The zero-order valence-electron chi connectivity index (χ0n) is 13.1. The Balaban J connectivity index is 1.98. The quantitative estimate of drug-likeness (QED) is 0.370. The summed E-state index contributed by atoms with van der Waals surface area (Å²) in [5.74, 6) is -1.75. The van der Waals surface area contributed by atoms with Gasteiger partial charge in [-0.25, -0.2) is 5.43 Å². The maximum Gasteiger partial charge on any atom is 0.329 e. The second-order valence-electron chi connectivity index (χ2n) is 4.71. The van der Waals surface area contributed by atoms with Crippen molar-refractivity contribution >= 4 is 29.4 Å². The number of hydrogen-bond donors (Lipinski definition) is 2. The van der Waals surface area contributed by atoms with E-state index in [0.717, 1.165) is 0 Å². The number of amides is 2. The normalized spacial score (nSPS) is 10.3. The van der Waals surface area contributed by atoms with Gasteiger partial charge in [-0.1, -0.05) is 18.2 Å². The Hall–Kier alpha value is -3.75. The van der Waals surface area contributed by atoms with Crippen molar-refractivity contribution in [2.75, 3.05) is 12.4 Å². The number of methoxy groups -OCH3 is 1. The maximum absolute atomic E-state index is 11.7. The third-order valence-corrected chi connectivity index (χ3v) is 3.02. The van der Waals surface area contributed by atoms with Gasteiger partial charge in [0.1, 0.15) is 0 Å². The molecule has 2 rings (SSSR count). The average Bonchev–Trinajstić information content (AvgIpc) is 2.62. The van der Waals surface area contributed by atoms with E-state index in [1.807, 2.05) is 5.43 Å². The third-order valence-electron chi connectivity index (χ3n) is 3.02. The molecule has 9 nitrogen and oxygen atoms in total. The smallest absolute Gasteiger partial charge is 0.329 e. The molecule has 0 radical (unpaired) electrons. The molecule has 2 amide bonds. The van der Waals surface area contributed by atoms with E-state index in [0.29, 0.717) is 11.3 Å². The number of anilines is 1. The van der Waals surface area contributed by atoms with Crippen LogP contribution in [0.5, 0.6) is 5.75 Å². The molecule has 0 aliphatic carbocycles. The lowest BCUT2D eigenvalue weighted by atomic mass is 10.2. The van der Waals surface area contributed by atoms with Crippen LogP contribution in [-0.2, 0) is 9.59 Å². The van der Waals surface area contributed by atoms with Gasteiger partial charge in [0, 0.05) is 17.3 Å². The summed E-state index contributed by atoms with van der Waals surface area (Å²) in [7, 11) is 1.32. The summed E-state index contributed by atoms with van der Waals surface area (Å²) in [5.41, 5.74) is 2.64. The lowest BCUT2D eigenvalue weighted by Crippen LogP contribution is -2.32. The number of ether oxygens (including phenoxy) is 1. The Morgan fingerprint density at radius 3 is 2.52 bits per heavy atom. The van der Waals surface area contributed by atoms with Crippen molar-refractivity contribution in [2.24, 2.45) is 5.10 Å². The highest BCUT2D eigenvalue weighted by Gasteiger charge is 2.15. The second-order valence-corrected chi connectivity index (χ2v) is 4.71. The van der Waals surface area contributed by atoms with Crippen LogP contribution < -0.4 is 15.5 Å². The van der Waals surface area contributed by atoms with Gasteiger partial charge in [-0.15, -0.1) is 0 Å². The fourth-order valence-electron chi connectivity index (χ4n) is 1.86. The van der Waals surface area contributed by atoms with E-state index in [-0.39, 0.29) is 11.4 Å². The predicted octanol–water partition coefficient (Wildman–Crippen LogP) is 1.69. The molecule has 2 N–H and O–H groups in total. The number of hydrazone groups is 1. The zero-order chi connectivity index (χ0) is 18.2. The average molecular weight is 342 g/mol. The molecule has 25 heavy (non-hydrogen) atoms. The van der Waals surface area contributed by atoms with Crippen LogP contribution >= 0.6 is 0 Å². The van der Waals surface area contributed by atoms with Crippen molar-refractivity contribution in [3.05, 3.63) is 64.2 Å². The lowest BCUT2D eigenvalue weighted by molar-refractivity contribution is -0.385. The summed E-state index contributed by atoms with van der Waals surface area (Å²) >= 11 is 0. The van der Waals surface area contributed by atoms with Gasteiger partial charge in [-0.05, 0) is 24.3 Å². The summed E-state index contributed by atoms with van der Waals surface area (Å²) < 4.78 is 4.88. The second kappa shape index (κ2) is 8.20. The zero-order valence-corrected chi connectivity index (χ0v) is 13.1. The van der Waals surface area contributed by atoms with E-state index in [4.69, 9.17) is 4.74 Å². The van der Waals surface area contributed by atoms with Gasteiger partial charge >= 0.3 is 17.5 Å². The van der Waals surface area contributed by atoms with Crippen LogP contribution in [0.15, 0.2) is 53.6 Å². The Labute approximate surface area is 142 Å². The summed E-state index contributed by atoms with van der Waals surface area (Å²) in [4.78, 5) is 33.7. The van der Waals surface area contributed by atoms with Crippen LogP contribution in [0.1, 0.15) is 5.56 Å². The number of para-hydroxylation sites is 1. The number of benzene rings is 2. The highest BCUT2D eigenvalue weighted by molar-refractivity contribution is 6.39. The first-order valence-electron chi connectivity index (χ1n) is 7.03. The van der Waals surface area contributed by atoms with Crippen LogP contribution in [0.4, 0.5) is 11.4 Å². The topological polar surface area (TPSA) is 123 Å². The van der Waals surface area contributed by atoms with Crippen LogP contribution in [0.25, 0.3) is 0 Å². The van der Waals surface area contributed by atoms with Crippen LogP contribution in [0.3, 0.4) is 0 Å². The summed E-state index contributed by atoms with van der Waals surface area (Å²) in [6, 6.07) is 12.6. The summed E-state index contributed by atoms with van der Waals surface area (Å²) in [5, 5.41) is 16.9. The molecule has 0 saturated heterocycles. The molecule has 128 valence electrons. The van der Waals surface area contributed by atoms with E-state index < -0.39 is 16.7 Å². The van der Waals surface area contributed by atoms with Gasteiger partial charge in [0.2, 0.25) is 0 Å². The van der Waals surface area contributed by atoms with Gasteiger partial charge < -0.3 is 10.1 Å². The molecule has 0 atom stereocenters. The van der Waals surface area contributed by atoms with Crippen molar-refractivity contribution < 1.29 is 19.2 Å². The number of rotatable bonds is 5. The third kappa shape index (κ3) is 4.86. The standard InChI is InChI=1S/C16H14N4O5/c1-25-14-8-7-11(9-13(14)20(23)24)10-17-19-16(22)15(21)18-12-5-3-2-4-6-12/h2-10H,1H3,(H,18,21)(H,19,22)/b17-10+. The van der Waals surface area contributed by atoms with Crippen molar-refractivity contribution in [3.63, 3.8) is 0 Å². The predicted molar refractivity (Wildman–Crippen MR) is 90.5 cm³/mol. The molecule has 0 aliphatic heterocycles. The molecule has 0 spiro atoms. The number of carbonyl (C=O) groups excluding carboxylic acids is 2. The first-order chi connectivity index (χ1) is 12.0. The summed E-state index contributed by atoms with van der Waals surface area (Å²) in [6.45, 7) is 0. The molecule has 0 saturated carbocycles. The van der Waals surface area contributed by atoms with Crippen molar-refractivity contribution in [1.29, 1.82) is 0 Å². The Bertz CT molecular complexity index is 821. The van der Waals surface area contributed by atoms with Gasteiger partial charge in [0.25, 0.3) is 0 Å². The van der Waals surface area contributed by atoms with Gasteiger partial charge in [-0.2, -0.15) is 5.10 Å². The Morgan fingerprint density at radius 1 is 1.16 bits per heavy atom. The van der Waals surface area contributed by atoms with Crippen LogP contribution in [-0.4, -0.2) is 30.1 Å². The molecule has 2 aromatic rings. The number of hydrogen-bond acceptors (Lipinski definition) is 6. The molecule has 0 heterocycles. The number of nitrogens with zero attached hydrogens (tertiary/aromatic N) is 2. The molecular formula is C16H14N4O5.